The molecule has 0 aliphatic heterocycles. The number of methoxy groups -OCH3 is 1. The van der Waals surface area contributed by atoms with Gasteiger partial charge < -0.3 is 15.3 Å². The normalized spacial score (nSPS) is 6.00. The Balaban J connectivity index is -0.0000000800. The minimum absolute atomic E-state index is 0. The predicted octanol–water partition coefficient (Wildman–Crippen LogP) is -3.55. The third kappa shape index (κ3) is 18.5. The van der Waals surface area contributed by atoms with Gasteiger partial charge in [-0.3, -0.25) is 0 Å². The molecule has 0 spiro atoms. The first-order valence-corrected chi connectivity index (χ1v) is 1.51. The minimum atomic E-state index is 0. The second-order valence-electron chi connectivity index (χ2n) is 0.716. The van der Waals surface area contributed by atoms with Crippen molar-refractivity contribution in [1.82, 2.24) is 0 Å². The van der Waals surface area contributed by atoms with Crippen molar-refractivity contribution in [1.29, 1.82) is 0 Å². The van der Waals surface area contributed by atoms with Gasteiger partial charge in [0.15, 0.2) is 0 Å². The fourth-order valence-electron chi connectivity index (χ4n) is 0.0913. The molecule has 0 radical (unpaired) electrons. The largest absolute Gasteiger partial charge is 1.00 e. The van der Waals surface area contributed by atoms with E-state index in [1.165, 1.54) is 0 Å². The zero-order valence-corrected chi connectivity index (χ0v) is 7.84. The van der Waals surface area contributed by atoms with Gasteiger partial charge in [-0.25, -0.2) is 0 Å². The molecule has 0 unspecified atom stereocenters. The first kappa shape index (κ1) is 15.8. The maximum atomic E-state index is 7.94. The van der Waals surface area contributed by atoms with Crippen molar-refractivity contribution in [3.63, 3.8) is 0 Å². The average molecular weight is 132 g/mol. The van der Waals surface area contributed by atoms with Crippen LogP contribution in [0.5, 0.6) is 0 Å². The summed E-state index contributed by atoms with van der Waals surface area (Å²) in [5, 5.41) is 7.94. The van der Waals surface area contributed by atoms with Gasteiger partial charge >= 0.3 is 51.4 Å². The predicted molar refractivity (Wildman–Crippen MR) is 20.9 cm³/mol. The van der Waals surface area contributed by atoms with Gasteiger partial charge in [0.1, 0.15) is 0 Å². The zero-order valence-electron chi connectivity index (χ0n) is 4.72. The standard InChI is InChI=1S/C3H8O2.K.H2O/c1-5-3-2-4;;/h4H,2-3H2,1H3;;1H2/q;+1;/p-1. The molecule has 0 aliphatic rings. The molecule has 0 amide bonds. The molecule has 0 aromatic heterocycles. The summed E-state index contributed by atoms with van der Waals surface area (Å²) in [5.41, 5.74) is 0. The van der Waals surface area contributed by atoms with E-state index in [-0.39, 0.29) is 63.5 Å². The Kier molecular flexibility index (Phi) is 35.3. The Bertz CT molecular complexity index is 17.7. The van der Waals surface area contributed by atoms with Gasteiger partial charge in [0.05, 0.1) is 13.2 Å². The first-order chi connectivity index (χ1) is 2.41. The van der Waals surface area contributed by atoms with Crippen LogP contribution in [0.15, 0.2) is 0 Å². The van der Waals surface area contributed by atoms with Crippen LogP contribution in [0.4, 0.5) is 0 Å². The van der Waals surface area contributed by atoms with Gasteiger partial charge in [-0.15, -0.1) is 0 Å². The number of hydrogen-bond donors (Lipinski definition) is 1. The first-order valence-electron chi connectivity index (χ1n) is 1.51. The molecule has 4 heteroatoms. The van der Waals surface area contributed by atoms with E-state index in [1.54, 1.807) is 7.11 Å². The Morgan fingerprint density at radius 3 is 2.00 bits per heavy atom. The smallest absolute Gasteiger partial charge is 0.870 e. The SMILES string of the molecule is COCCO.[K+].[OH-]. The number of rotatable bonds is 2. The zero-order chi connectivity index (χ0) is 4.12. The van der Waals surface area contributed by atoms with Crippen LogP contribution in [-0.4, -0.2) is 30.9 Å². The summed E-state index contributed by atoms with van der Waals surface area (Å²) in [4.78, 5) is 0. The van der Waals surface area contributed by atoms with Crippen molar-refractivity contribution in [2.24, 2.45) is 0 Å². The van der Waals surface area contributed by atoms with Crippen molar-refractivity contribution < 1.29 is 66.7 Å². The van der Waals surface area contributed by atoms with Crippen molar-refractivity contribution >= 4 is 0 Å². The summed E-state index contributed by atoms with van der Waals surface area (Å²) < 4.78 is 4.44. The van der Waals surface area contributed by atoms with Gasteiger partial charge in [0.25, 0.3) is 0 Å². The number of ether oxygens (including phenoxy) is 1. The van der Waals surface area contributed by atoms with Gasteiger partial charge in [0.2, 0.25) is 0 Å². The molecule has 2 N–H and O–H groups in total. The molecule has 7 heavy (non-hydrogen) atoms. The van der Waals surface area contributed by atoms with Crippen molar-refractivity contribution in [3.8, 4) is 0 Å². The summed E-state index contributed by atoms with van der Waals surface area (Å²) >= 11 is 0. The maximum Gasteiger partial charge on any atom is 1.00 e. The van der Waals surface area contributed by atoms with E-state index in [9.17, 15) is 0 Å². The molecule has 0 atom stereocenters. The third-order valence-electron chi connectivity index (χ3n) is 0.295. The molecule has 0 saturated carbocycles. The van der Waals surface area contributed by atoms with Crippen LogP contribution < -0.4 is 51.4 Å². The van der Waals surface area contributed by atoms with Gasteiger partial charge in [-0.2, -0.15) is 0 Å². The number of aliphatic hydroxyl groups is 1. The molecule has 0 aromatic rings. The Morgan fingerprint density at radius 2 is 2.00 bits per heavy atom. The summed E-state index contributed by atoms with van der Waals surface area (Å²) in [7, 11) is 1.55. The molecule has 0 bridgehead atoms. The summed E-state index contributed by atoms with van der Waals surface area (Å²) in [6, 6.07) is 0. The third-order valence-corrected chi connectivity index (χ3v) is 0.295. The molecule has 0 aliphatic carbocycles. The van der Waals surface area contributed by atoms with Gasteiger partial charge in [-0.1, -0.05) is 0 Å². The Morgan fingerprint density at radius 1 is 1.57 bits per heavy atom. The molecule has 0 rings (SSSR count). The fourth-order valence-corrected chi connectivity index (χ4v) is 0.0913. The van der Waals surface area contributed by atoms with Crippen molar-refractivity contribution in [2.75, 3.05) is 20.3 Å². The second-order valence-corrected chi connectivity index (χ2v) is 0.716. The van der Waals surface area contributed by atoms with Crippen LogP contribution in [0.3, 0.4) is 0 Å². The second kappa shape index (κ2) is 15.6. The maximum absolute atomic E-state index is 7.94. The molecule has 0 fully saturated rings. The Hall–Kier alpha value is 1.52. The fraction of sp³-hybridized carbons (Fsp3) is 1.00. The van der Waals surface area contributed by atoms with E-state index in [0.717, 1.165) is 0 Å². The monoisotopic (exact) mass is 132 g/mol. The average Bonchev–Trinajstić information content (AvgIpc) is 1.41. The summed E-state index contributed by atoms with van der Waals surface area (Å²) in [5.74, 6) is 0. The molecule has 0 saturated heterocycles. The van der Waals surface area contributed by atoms with Gasteiger partial charge in [0, 0.05) is 7.11 Å². The topological polar surface area (TPSA) is 59.5 Å². The van der Waals surface area contributed by atoms with E-state index >= 15 is 0 Å². The van der Waals surface area contributed by atoms with E-state index in [0.29, 0.717) is 6.61 Å². The van der Waals surface area contributed by atoms with Crippen LogP contribution in [-0.2, 0) is 4.74 Å². The Labute approximate surface area is 85.8 Å². The summed E-state index contributed by atoms with van der Waals surface area (Å²) in [6.07, 6.45) is 0. The van der Waals surface area contributed by atoms with Gasteiger partial charge in [-0.05, 0) is 0 Å². The van der Waals surface area contributed by atoms with E-state index in [2.05, 4.69) is 4.74 Å². The van der Waals surface area contributed by atoms with Crippen molar-refractivity contribution in [2.45, 2.75) is 0 Å². The molecule has 40 valence electrons. The quantitative estimate of drug-likeness (QED) is 0.396. The number of aliphatic hydroxyl groups excluding tert-OH is 1. The van der Waals surface area contributed by atoms with E-state index < -0.39 is 0 Å². The van der Waals surface area contributed by atoms with Crippen molar-refractivity contribution in [3.05, 3.63) is 0 Å². The molecule has 0 heterocycles. The molecule has 3 nitrogen and oxygen atoms in total. The van der Waals surface area contributed by atoms with Crippen LogP contribution in [0, 0.1) is 0 Å². The molecular weight excluding hydrogens is 123 g/mol. The molecular formula is C3H9KO3. The molecule has 0 aromatic carbocycles. The van der Waals surface area contributed by atoms with E-state index in [4.69, 9.17) is 5.11 Å². The number of hydrogen-bond acceptors (Lipinski definition) is 3. The van der Waals surface area contributed by atoms with Crippen LogP contribution in [0.25, 0.3) is 0 Å². The van der Waals surface area contributed by atoms with Crippen LogP contribution >= 0.6 is 0 Å². The minimum Gasteiger partial charge on any atom is -0.870 e. The van der Waals surface area contributed by atoms with Crippen LogP contribution in [0.2, 0.25) is 0 Å². The summed E-state index contributed by atoms with van der Waals surface area (Å²) in [6.45, 7) is 0.566. The van der Waals surface area contributed by atoms with Crippen LogP contribution in [0.1, 0.15) is 0 Å². The van der Waals surface area contributed by atoms with E-state index in [1.807, 2.05) is 0 Å².